The zero-order valence-corrected chi connectivity index (χ0v) is 15.8. The topological polar surface area (TPSA) is 58.1 Å². The molecule has 0 unspecified atom stereocenters. The van der Waals surface area contributed by atoms with Gasteiger partial charge in [0.15, 0.2) is 17.5 Å². The Morgan fingerprint density at radius 1 is 1.23 bits per heavy atom. The summed E-state index contributed by atoms with van der Waals surface area (Å²) in [5.74, 6) is 2.44. The van der Waals surface area contributed by atoms with Crippen LogP contribution in [0, 0.1) is 0 Å². The normalized spacial score (nSPS) is 16.4. The summed E-state index contributed by atoms with van der Waals surface area (Å²) in [5.41, 5.74) is 2.63. The van der Waals surface area contributed by atoms with Crippen LogP contribution in [0.5, 0.6) is 11.5 Å². The largest absolute Gasteiger partial charge is 0.454 e. The molecule has 7 heteroatoms. The molecule has 0 saturated carbocycles. The minimum absolute atomic E-state index is 0.304. The van der Waals surface area contributed by atoms with Crippen LogP contribution in [-0.4, -0.2) is 44.3 Å². The molecule has 0 radical (unpaired) electrons. The molecule has 26 heavy (non-hydrogen) atoms. The van der Waals surface area contributed by atoms with Crippen LogP contribution in [0.25, 0.3) is 0 Å². The Morgan fingerprint density at radius 2 is 2.15 bits per heavy atom. The second-order valence-corrected chi connectivity index (χ2v) is 7.44. The van der Waals surface area contributed by atoms with Gasteiger partial charge >= 0.3 is 0 Å². The lowest BCUT2D eigenvalue weighted by atomic mass is 10.1. The summed E-state index contributed by atoms with van der Waals surface area (Å²) < 4.78 is 10.8. The first-order valence-corrected chi connectivity index (χ1v) is 9.80. The molecule has 6 nitrogen and oxygen atoms in total. The van der Waals surface area contributed by atoms with Gasteiger partial charge in [0.2, 0.25) is 6.79 Å². The lowest BCUT2D eigenvalue weighted by Crippen LogP contribution is -2.42. The van der Waals surface area contributed by atoms with Gasteiger partial charge in [-0.25, -0.2) is 0 Å². The maximum absolute atomic E-state index is 5.42. The van der Waals surface area contributed by atoms with Crippen molar-refractivity contribution in [3.63, 3.8) is 0 Å². The molecule has 0 bridgehead atoms. The van der Waals surface area contributed by atoms with E-state index in [1.807, 2.05) is 29.5 Å². The maximum atomic E-state index is 5.42. The van der Waals surface area contributed by atoms with Crippen LogP contribution >= 0.6 is 11.3 Å². The number of nitrogens with zero attached hydrogens (tertiary/aromatic N) is 2. The minimum atomic E-state index is 0.304. The minimum Gasteiger partial charge on any atom is -0.454 e. The summed E-state index contributed by atoms with van der Waals surface area (Å²) in [6.45, 7) is 5.08. The van der Waals surface area contributed by atoms with Gasteiger partial charge in [0.25, 0.3) is 0 Å². The van der Waals surface area contributed by atoms with E-state index in [4.69, 9.17) is 9.47 Å². The fourth-order valence-electron chi connectivity index (χ4n) is 3.29. The average Bonchev–Trinajstić information content (AvgIpc) is 3.32. The third-order valence-electron chi connectivity index (χ3n) is 4.73. The van der Waals surface area contributed by atoms with Gasteiger partial charge in [-0.15, -0.1) is 11.3 Å². The number of fused-ring (bicyclic) bond motifs is 2. The predicted octanol–water partition coefficient (Wildman–Crippen LogP) is 2.20. The molecule has 0 aliphatic carbocycles. The molecular formula is C19H24N4O2S. The molecule has 138 valence electrons. The first kappa shape index (κ1) is 17.2. The molecule has 0 saturated heterocycles. The first-order chi connectivity index (χ1) is 12.8. The third kappa shape index (κ3) is 3.94. The summed E-state index contributed by atoms with van der Waals surface area (Å²) >= 11 is 1.88. The molecule has 0 fully saturated rings. The summed E-state index contributed by atoms with van der Waals surface area (Å²) in [7, 11) is 1.80. The molecule has 2 aromatic rings. The fraction of sp³-hybridized carbons (Fsp3) is 0.421. The van der Waals surface area contributed by atoms with E-state index in [9.17, 15) is 0 Å². The van der Waals surface area contributed by atoms with Crippen molar-refractivity contribution in [2.24, 2.45) is 4.99 Å². The van der Waals surface area contributed by atoms with Crippen molar-refractivity contribution in [3.8, 4) is 11.5 Å². The van der Waals surface area contributed by atoms with E-state index in [1.165, 1.54) is 12.0 Å². The quantitative estimate of drug-likeness (QED) is 0.622. The van der Waals surface area contributed by atoms with Gasteiger partial charge in [0, 0.05) is 44.6 Å². The van der Waals surface area contributed by atoms with Crippen molar-refractivity contribution in [3.05, 3.63) is 45.6 Å². The molecule has 2 aliphatic heterocycles. The second kappa shape index (κ2) is 7.97. The number of rotatable bonds is 5. The lowest BCUT2D eigenvalue weighted by molar-refractivity contribution is 0.174. The van der Waals surface area contributed by atoms with Crippen LogP contribution in [0.2, 0.25) is 0 Å². The van der Waals surface area contributed by atoms with Crippen LogP contribution < -0.4 is 20.1 Å². The number of guanidine groups is 1. The molecular weight excluding hydrogens is 348 g/mol. The Kier molecular flexibility index (Phi) is 5.26. The van der Waals surface area contributed by atoms with Gasteiger partial charge in [-0.1, -0.05) is 6.07 Å². The average molecular weight is 372 g/mol. The Balaban J connectivity index is 1.21. The van der Waals surface area contributed by atoms with E-state index >= 15 is 0 Å². The molecule has 2 aliphatic rings. The van der Waals surface area contributed by atoms with Crippen molar-refractivity contribution in [2.75, 3.05) is 33.5 Å². The maximum Gasteiger partial charge on any atom is 0.231 e. The smallest absolute Gasteiger partial charge is 0.231 e. The standard InChI is InChI=1S/C19H24N4O2S/c1-20-19(22-11-14-2-3-16-17(10-14)25-13-24-16)21-6-8-23-7-4-18-15(12-23)5-9-26-18/h2-3,5,9-10H,4,6-8,11-13H2,1H3,(H2,20,21,22). The summed E-state index contributed by atoms with van der Waals surface area (Å²) in [4.78, 5) is 8.35. The van der Waals surface area contributed by atoms with Gasteiger partial charge in [-0.05, 0) is 41.1 Å². The van der Waals surface area contributed by atoms with E-state index in [-0.39, 0.29) is 0 Å². The fourth-order valence-corrected chi connectivity index (χ4v) is 4.18. The predicted molar refractivity (Wildman–Crippen MR) is 104 cm³/mol. The van der Waals surface area contributed by atoms with E-state index < -0.39 is 0 Å². The van der Waals surface area contributed by atoms with Crippen molar-refractivity contribution < 1.29 is 9.47 Å². The van der Waals surface area contributed by atoms with E-state index in [2.05, 4.69) is 32.0 Å². The van der Waals surface area contributed by atoms with Crippen LogP contribution in [0.15, 0.2) is 34.6 Å². The van der Waals surface area contributed by atoms with Crippen molar-refractivity contribution >= 4 is 17.3 Å². The highest BCUT2D eigenvalue weighted by atomic mass is 32.1. The summed E-state index contributed by atoms with van der Waals surface area (Å²) in [6, 6.07) is 8.25. The van der Waals surface area contributed by atoms with E-state index in [0.29, 0.717) is 13.3 Å². The van der Waals surface area contributed by atoms with E-state index in [0.717, 1.165) is 49.2 Å². The lowest BCUT2D eigenvalue weighted by Gasteiger charge is -2.27. The molecule has 0 amide bonds. The highest BCUT2D eigenvalue weighted by Gasteiger charge is 2.16. The Morgan fingerprint density at radius 3 is 3.08 bits per heavy atom. The number of ether oxygens (including phenoxy) is 2. The number of aliphatic imine (C=N–C) groups is 1. The highest BCUT2D eigenvalue weighted by Crippen LogP contribution is 2.32. The molecule has 0 atom stereocenters. The zero-order chi connectivity index (χ0) is 17.8. The second-order valence-electron chi connectivity index (χ2n) is 6.44. The summed E-state index contributed by atoms with van der Waals surface area (Å²) in [6.07, 6.45) is 1.17. The van der Waals surface area contributed by atoms with Gasteiger partial charge in [0.1, 0.15) is 0 Å². The van der Waals surface area contributed by atoms with Crippen LogP contribution in [0.3, 0.4) is 0 Å². The van der Waals surface area contributed by atoms with Crippen LogP contribution in [0.1, 0.15) is 16.0 Å². The molecule has 2 N–H and O–H groups in total. The number of thiophene rings is 1. The van der Waals surface area contributed by atoms with Crippen molar-refractivity contribution in [2.45, 2.75) is 19.5 Å². The monoisotopic (exact) mass is 372 g/mol. The molecule has 3 heterocycles. The third-order valence-corrected chi connectivity index (χ3v) is 5.75. The number of hydrogen-bond donors (Lipinski definition) is 2. The summed E-state index contributed by atoms with van der Waals surface area (Å²) in [5, 5.41) is 8.96. The Bertz CT molecular complexity index is 790. The molecule has 1 aromatic heterocycles. The Hall–Kier alpha value is -2.25. The van der Waals surface area contributed by atoms with E-state index in [1.54, 1.807) is 11.9 Å². The first-order valence-electron chi connectivity index (χ1n) is 8.92. The number of nitrogens with one attached hydrogen (secondary N) is 2. The van der Waals surface area contributed by atoms with Crippen molar-refractivity contribution in [1.29, 1.82) is 0 Å². The van der Waals surface area contributed by atoms with Crippen LogP contribution in [0.4, 0.5) is 0 Å². The highest BCUT2D eigenvalue weighted by molar-refractivity contribution is 7.10. The molecule has 4 rings (SSSR count). The van der Waals surface area contributed by atoms with Crippen molar-refractivity contribution in [1.82, 2.24) is 15.5 Å². The van der Waals surface area contributed by atoms with Gasteiger partial charge in [0.05, 0.1) is 0 Å². The zero-order valence-electron chi connectivity index (χ0n) is 15.0. The van der Waals surface area contributed by atoms with Crippen LogP contribution in [-0.2, 0) is 19.5 Å². The molecule has 0 spiro atoms. The van der Waals surface area contributed by atoms with Gasteiger partial charge in [-0.2, -0.15) is 0 Å². The number of benzene rings is 1. The SMILES string of the molecule is CN=C(NCCN1CCc2sccc2C1)NCc1ccc2c(c1)OCO2. The van der Waals surface area contributed by atoms with Gasteiger partial charge < -0.3 is 20.1 Å². The molecule has 1 aromatic carbocycles. The number of hydrogen-bond acceptors (Lipinski definition) is 5. The van der Waals surface area contributed by atoms with Gasteiger partial charge in [-0.3, -0.25) is 9.89 Å². The Labute approximate surface area is 157 Å².